The van der Waals surface area contributed by atoms with E-state index in [9.17, 15) is 4.79 Å². The van der Waals surface area contributed by atoms with E-state index in [1.807, 2.05) is 17.9 Å². The molecule has 0 unspecified atom stereocenters. The van der Waals surface area contributed by atoms with Gasteiger partial charge in [-0.05, 0) is 26.0 Å². The van der Waals surface area contributed by atoms with Crippen LogP contribution in [0.25, 0.3) is 0 Å². The van der Waals surface area contributed by atoms with Gasteiger partial charge in [0.05, 0.1) is 30.5 Å². The van der Waals surface area contributed by atoms with Crippen molar-refractivity contribution in [3.05, 3.63) is 41.6 Å². The number of likely N-dealkylation sites (tertiary alicyclic amines) is 1. The predicted molar refractivity (Wildman–Crippen MR) is 88.4 cm³/mol. The summed E-state index contributed by atoms with van der Waals surface area (Å²) in [5.41, 5.74) is 1.28. The number of hydrogen-bond acceptors (Lipinski definition) is 6. The minimum atomic E-state index is -0.208. The molecule has 0 spiro atoms. The highest BCUT2D eigenvalue weighted by atomic mass is 16.5. The standard InChI is InChI=1S/C18H21N3O4/c1-12-3-5-19-17(20-12)25-11-18-9-21(7-14(18)8-23-10-18)16(22)15-4-6-24-13(15)2/h3-6,14H,7-11H2,1-2H3/t14-,18+/m1/s1. The third-order valence-electron chi connectivity index (χ3n) is 5.16. The number of hydrogen-bond donors (Lipinski definition) is 0. The SMILES string of the molecule is Cc1ccnc(OC[C@]23COC[C@H]2CN(C(=O)c2ccoc2C)C3)n1. The van der Waals surface area contributed by atoms with Gasteiger partial charge in [-0.25, -0.2) is 9.97 Å². The summed E-state index contributed by atoms with van der Waals surface area (Å²) >= 11 is 0. The van der Waals surface area contributed by atoms with Gasteiger partial charge in [0.2, 0.25) is 0 Å². The Bertz CT molecular complexity index is 790. The van der Waals surface area contributed by atoms with E-state index < -0.39 is 0 Å². The van der Waals surface area contributed by atoms with Gasteiger partial charge in [-0.3, -0.25) is 4.79 Å². The number of nitrogens with zero attached hydrogens (tertiary/aromatic N) is 3. The molecule has 0 radical (unpaired) electrons. The van der Waals surface area contributed by atoms with Gasteiger partial charge < -0.3 is 18.8 Å². The molecule has 132 valence electrons. The second-order valence-electron chi connectivity index (χ2n) is 6.92. The van der Waals surface area contributed by atoms with Crippen LogP contribution in [0.5, 0.6) is 6.01 Å². The monoisotopic (exact) mass is 343 g/mol. The Labute approximate surface area is 146 Å². The second kappa shape index (κ2) is 6.15. The molecule has 2 aliphatic rings. The van der Waals surface area contributed by atoms with E-state index in [2.05, 4.69) is 9.97 Å². The molecule has 2 aromatic rings. The lowest BCUT2D eigenvalue weighted by atomic mass is 9.82. The first kappa shape index (κ1) is 16.1. The third kappa shape index (κ3) is 2.89. The largest absolute Gasteiger partial charge is 0.469 e. The summed E-state index contributed by atoms with van der Waals surface area (Å²) in [5.74, 6) is 0.914. The highest BCUT2D eigenvalue weighted by molar-refractivity contribution is 5.95. The lowest BCUT2D eigenvalue weighted by Crippen LogP contribution is -2.38. The van der Waals surface area contributed by atoms with Crippen LogP contribution >= 0.6 is 0 Å². The fourth-order valence-electron chi connectivity index (χ4n) is 3.67. The van der Waals surface area contributed by atoms with Crippen molar-refractivity contribution >= 4 is 5.91 Å². The van der Waals surface area contributed by atoms with Crippen molar-refractivity contribution in [3.63, 3.8) is 0 Å². The van der Waals surface area contributed by atoms with Crippen molar-refractivity contribution in [2.45, 2.75) is 13.8 Å². The average molecular weight is 343 g/mol. The summed E-state index contributed by atoms with van der Waals surface area (Å²) in [5, 5.41) is 0. The zero-order chi connectivity index (χ0) is 17.4. The molecule has 0 saturated carbocycles. The molecular formula is C18H21N3O4. The molecule has 0 bridgehead atoms. The van der Waals surface area contributed by atoms with Gasteiger partial charge in [0, 0.05) is 30.9 Å². The highest BCUT2D eigenvalue weighted by Crippen LogP contribution is 2.42. The van der Waals surface area contributed by atoms with E-state index in [1.165, 1.54) is 0 Å². The lowest BCUT2D eigenvalue weighted by molar-refractivity contribution is 0.0648. The van der Waals surface area contributed by atoms with Crippen LogP contribution in [0.4, 0.5) is 0 Å². The normalized spacial score (nSPS) is 25.2. The van der Waals surface area contributed by atoms with E-state index >= 15 is 0 Å². The Morgan fingerprint density at radius 1 is 1.44 bits per heavy atom. The first-order valence-corrected chi connectivity index (χ1v) is 8.41. The molecule has 4 rings (SSSR count). The van der Waals surface area contributed by atoms with Gasteiger partial charge in [-0.15, -0.1) is 0 Å². The molecular weight excluding hydrogens is 322 g/mol. The van der Waals surface area contributed by atoms with Crippen LogP contribution in [0.3, 0.4) is 0 Å². The summed E-state index contributed by atoms with van der Waals surface area (Å²) in [6, 6.07) is 3.93. The summed E-state index contributed by atoms with van der Waals surface area (Å²) in [4.78, 5) is 23.1. The van der Waals surface area contributed by atoms with Crippen molar-refractivity contribution in [1.29, 1.82) is 0 Å². The molecule has 2 saturated heterocycles. The van der Waals surface area contributed by atoms with E-state index in [-0.39, 0.29) is 17.2 Å². The number of carbonyl (C=O) groups excluding carboxylic acids is 1. The number of aryl methyl sites for hydroxylation is 2. The highest BCUT2D eigenvalue weighted by Gasteiger charge is 2.52. The maximum Gasteiger partial charge on any atom is 0.316 e. The molecule has 4 heterocycles. The van der Waals surface area contributed by atoms with Crippen LogP contribution in [0.2, 0.25) is 0 Å². The van der Waals surface area contributed by atoms with Crippen LogP contribution in [0.15, 0.2) is 29.0 Å². The van der Waals surface area contributed by atoms with Gasteiger partial charge in [0.1, 0.15) is 12.4 Å². The number of aromatic nitrogens is 2. The van der Waals surface area contributed by atoms with Gasteiger partial charge in [0.25, 0.3) is 5.91 Å². The quantitative estimate of drug-likeness (QED) is 0.843. The molecule has 2 aromatic heterocycles. The van der Waals surface area contributed by atoms with Gasteiger partial charge in [-0.2, -0.15) is 0 Å². The molecule has 2 atom stereocenters. The number of rotatable bonds is 4. The van der Waals surface area contributed by atoms with Crippen LogP contribution in [-0.2, 0) is 4.74 Å². The molecule has 2 fully saturated rings. The average Bonchev–Trinajstić information content (AvgIpc) is 3.26. The van der Waals surface area contributed by atoms with Crippen molar-refractivity contribution in [1.82, 2.24) is 14.9 Å². The summed E-state index contributed by atoms with van der Waals surface area (Å²) < 4.78 is 16.8. The van der Waals surface area contributed by atoms with Crippen molar-refractivity contribution in [2.24, 2.45) is 11.3 Å². The molecule has 0 aliphatic carbocycles. The Morgan fingerprint density at radius 3 is 3.08 bits per heavy atom. The lowest BCUT2D eigenvalue weighted by Gasteiger charge is -2.26. The fraction of sp³-hybridized carbons (Fsp3) is 0.500. The first-order valence-electron chi connectivity index (χ1n) is 8.41. The fourth-order valence-corrected chi connectivity index (χ4v) is 3.67. The van der Waals surface area contributed by atoms with E-state index in [0.29, 0.717) is 50.2 Å². The predicted octanol–water partition coefficient (Wildman–Crippen LogP) is 1.85. The van der Waals surface area contributed by atoms with Gasteiger partial charge in [-0.1, -0.05) is 0 Å². The molecule has 25 heavy (non-hydrogen) atoms. The molecule has 0 aromatic carbocycles. The number of amides is 1. The maximum absolute atomic E-state index is 12.8. The maximum atomic E-state index is 12.8. The zero-order valence-corrected chi connectivity index (χ0v) is 14.4. The van der Waals surface area contributed by atoms with Crippen molar-refractivity contribution in [3.8, 4) is 6.01 Å². The Balaban J connectivity index is 1.49. The molecule has 2 aliphatic heterocycles. The minimum absolute atomic E-state index is 0.00632. The summed E-state index contributed by atoms with van der Waals surface area (Å²) in [6.07, 6.45) is 3.24. The second-order valence-corrected chi connectivity index (χ2v) is 6.92. The smallest absolute Gasteiger partial charge is 0.316 e. The molecule has 7 nitrogen and oxygen atoms in total. The molecule has 1 amide bonds. The Kier molecular flexibility index (Phi) is 3.95. The number of carbonyl (C=O) groups is 1. The molecule has 0 N–H and O–H groups in total. The summed E-state index contributed by atoms with van der Waals surface area (Å²) in [7, 11) is 0. The van der Waals surface area contributed by atoms with Gasteiger partial charge in [0.15, 0.2) is 0 Å². The number of ether oxygens (including phenoxy) is 2. The summed E-state index contributed by atoms with van der Waals surface area (Å²) in [6.45, 7) is 6.65. The Hall–Kier alpha value is -2.41. The Morgan fingerprint density at radius 2 is 2.32 bits per heavy atom. The van der Waals surface area contributed by atoms with Crippen molar-refractivity contribution in [2.75, 3.05) is 32.9 Å². The zero-order valence-electron chi connectivity index (χ0n) is 14.4. The van der Waals surface area contributed by atoms with Crippen LogP contribution in [-0.4, -0.2) is 53.7 Å². The molecule has 7 heteroatoms. The van der Waals surface area contributed by atoms with E-state index in [1.54, 1.807) is 25.5 Å². The topological polar surface area (TPSA) is 77.7 Å². The van der Waals surface area contributed by atoms with Crippen LogP contribution in [0, 0.1) is 25.2 Å². The van der Waals surface area contributed by atoms with Gasteiger partial charge >= 0.3 is 6.01 Å². The van der Waals surface area contributed by atoms with Crippen LogP contribution in [0.1, 0.15) is 21.8 Å². The van der Waals surface area contributed by atoms with Crippen LogP contribution < -0.4 is 4.74 Å². The number of fused-ring (bicyclic) bond motifs is 1. The first-order chi connectivity index (χ1) is 12.1. The van der Waals surface area contributed by atoms with Crippen molar-refractivity contribution < 1.29 is 18.7 Å². The van der Waals surface area contributed by atoms with E-state index in [0.717, 1.165) is 5.69 Å². The van der Waals surface area contributed by atoms with E-state index in [4.69, 9.17) is 13.9 Å². The minimum Gasteiger partial charge on any atom is -0.469 e. The third-order valence-corrected chi connectivity index (χ3v) is 5.16. The number of furan rings is 1.